The minimum atomic E-state index is -3.66. The first-order valence-corrected chi connectivity index (χ1v) is 10.5. The summed E-state index contributed by atoms with van der Waals surface area (Å²) in [5.74, 6) is 0.316. The normalized spacial score (nSPS) is 17.4. The zero-order valence-electron chi connectivity index (χ0n) is 14.4. The molecule has 136 valence electrons. The Morgan fingerprint density at radius 2 is 1.69 bits per heavy atom. The van der Waals surface area contributed by atoms with Crippen molar-refractivity contribution >= 4 is 21.1 Å². The quantitative estimate of drug-likeness (QED) is 0.719. The molecule has 1 saturated carbocycles. The molecule has 1 aliphatic rings. The first-order chi connectivity index (χ1) is 12.6. The van der Waals surface area contributed by atoms with Gasteiger partial charge in [-0.05, 0) is 42.5 Å². The van der Waals surface area contributed by atoms with E-state index in [0.717, 1.165) is 31.2 Å². The predicted molar refractivity (Wildman–Crippen MR) is 100.0 cm³/mol. The first-order valence-electron chi connectivity index (χ1n) is 9.01. The van der Waals surface area contributed by atoms with Gasteiger partial charge in [0.1, 0.15) is 11.0 Å². The summed E-state index contributed by atoms with van der Waals surface area (Å²) < 4.78 is 29.1. The molecule has 0 amide bonds. The topological polar surface area (TPSA) is 87.7 Å². The van der Waals surface area contributed by atoms with Crippen LogP contribution in [0.15, 0.2) is 53.4 Å². The fourth-order valence-corrected chi connectivity index (χ4v) is 5.10. The van der Waals surface area contributed by atoms with Crippen LogP contribution in [0.2, 0.25) is 0 Å². The maximum Gasteiger partial charge on any atom is 0.241 e. The van der Waals surface area contributed by atoms with E-state index in [9.17, 15) is 8.42 Å². The van der Waals surface area contributed by atoms with Crippen molar-refractivity contribution in [2.24, 2.45) is 5.92 Å². The van der Waals surface area contributed by atoms with Crippen molar-refractivity contribution in [3.8, 4) is 0 Å². The Labute approximate surface area is 153 Å². The average molecular weight is 370 g/mol. The van der Waals surface area contributed by atoms with Gasteiger partial charge < -0.3 is 0 Å². The molecule has 0 aliphatic heterocycles. The number of sulfonamides is 1. The molecule has 1 fully saturated rings. The van der Waals surface area contributed by atoms with E-state index in [0.29, 0.717) is 17.0 Å². The minimum Gasteiger partial charge on any atom is -0.207 e. The highest BCUT2D eigenvalue weighted by Crippen LogP contribution is 2.35. The van der Waals surface area contributed by atoms with Crippen LogP contribution in [-0.4, -0.2) is 23.8 Å². The highest BCUT2D eigenvalue weighted by molar-refractivity contribution is 7.89. The lowest BCUT2D eigenvalue weighted by molar-refractivity contribution is 0.294. The van der Waals surface area contributed by atoms with Gasteiger partial charge in [-0.3, -0.25) is 0 Å². The largest absolute Gasteiger partial charge is 0.241 e. The third-order valence-electron chi connectivity index (χ3n) is 5.16. The third-order valence-corrected chi connectivity index (χ3v) is 6.60. The number of H-pyrrole nitrogens is 1. The molecule has 0 radical (unpaired) electrons. The van der Waals surface area contributed by atoms with Gasteiger partial charge in [0.25, 0.3) is 0 Å². The van der Waals surface area contributed by atoms with Crippen molar-refractivity contribution in [2.75, 3.05) is 0 Å². The van der Waals surface area contributed by atoms with Gasteiger partial charge in [0.05, 0.1) is 4.90 Å². The Hall–Kier alpha value is -2.25. The van der Waals surface area contributed by atoms with Crippen LogP contribution in [0.25, 0.3) is 11.0 Å². The van der Waals surface area contributed by atoms with Crippen LogP contribution in [0, 0.1) is 5.92 Å². The van der Waals surface area contributed by atoms with Gasteiger partial charge in [-0.15, -0.1) is 0 Å². The van der Waals surface area contributed by atoms with E-state index in [1.807, 2.05) is 30.3 Å². The van der Waals surface area contributed by atoms with Gasteiger partial charge in [-0.25, -0.2) is 13.1 Å². The first kappa shape index (κ1) is 17.2. The molecule has 1 heterocycles. The van der Waals surface area contributed by atoms with Gasteiger partial charge in [-0.1, -0.05) is 49.6 Å². The molecule has 26 heavy (non-hydrogen) atoms. The Balaban J connectivity index is 1.67. The second-order valence-corrected chi connectivity index (χ2v) is 8.60. The van der Waals surface area contributed by atoms with E-state index in [1.54, 1.807) is 18.2 Å². The van der Waals surface area contributed by atoms with E-state index >= 15 is 0 Å². The average Bonchev–Trinajstić information content (AvgIpc) is 3.15. The molecule has 4 rings (SSSR count). The van der Waals surface area contributed by atoms with Crippen LogP contribution in [0.5, 0.6) is 0 Å². The van der Waals surface area contributed by atoms with Crippen molar-refractivity contribution in [3.05, 3.63) is 54.1 Å². The summed E-state index contributed by atoms with van der Waals surface area (Å²) in [5, 5.41) is 10.5. The molecule has 1 aromatic heterocycles. The van der Waals surface area contributed by atoms with Crippen molar-refractivity contribution in [2.45, 2.75) is 43.0 Å². The highest BCUT2D eigenvalue weighted by Gasteiger charge is 2.29. The van der Waals surface area contributed by atoms with Gasteiger partial charge in [0.15, 0.2) is 0 Å². The maximum absolute atomic E-state index is 13.1. The number of nitrogens with zero attached hydrogens (tertiary/aromatic N) is 2. The summed E-state index contributed by atoms with van der Waals surface area (Å²) in [7, 11) is -3.66. The molecule has 0 saturated heterocycles. The third kappa shape index (κ3) is 3.50. The highest BCUT2D eigenvalue weighted by atomic mass is 32.2. The van der Waals surface area contributed by atoms with Crippen LogP contribution in [0.4, 0.5) is 0 Å². The van der Waals surface area contributed by atoms with Crippen LogP contribution in [0.3, 0.4) is 0 Å². The molecular formula is C19H22N4O2S. The Morgan fingerprint density at radius 1 is 0.962 bits per heavy atom. The second kappa shape index (κ2) is 7.17. The van der Waals surface area contributed by atoms with Crippen LogP contribution in [0.1, 0.15) is 43.7 Å². The number of benzene rings is 2. The molecule has 2 N–H and O–H groups in total. The van der Waals surface area contributed by atoms with E-state index in [1.165, 1.54) is 6.42 Å². The SMILES string of the molecule is O=S(=O)(NC(c1ccccc1)C1CCCCC1)c1ccc2n[nH]nc2c1. The summed E-state index contributed by atoms with van der Waals surface area (Å²) in [6, 6.07) is 14.5. The van der Waals surface area contributed by atoms with Crippen LogP contribution < -0.4 is 4.72 Å². The van der Waals surface area contributed by atoms with E-state index < -0.39 is 10.0 Å². The lowest BCUT2D eigenvalue weighted by Crippen LogP contribution is -2.34. The Morgan fingerprint density at radius 3 is 2.46 bits per heavy atom. The summed E-state index contributed by atoms with van der Waals surface area (Å²) in [4.78, 5) is 0.218. The van der Waals surface area contributed by atoms with Gasteiger partial charge in [-0.2, -0.15) is 15.4 Å². The number of hydrogen-bond donors (Lipinski definition) is 2. The number of rotatable bonds is 5. The monoisotopic (exact) mass is 370 g/mol. The molecule has 1 aliphatic carbocycles. The summed E-state index contributed by atoms with van der Waals surface area (Å²) in [6.45, 7) is 0. The van der Waals surface area contributed by atoms with E-state index in [-0.39, 0.29) is 10.9 Å². The molecule has 0 bridgehead atoms. The number of nitrogens with one attached hydrogen (secondary N) is 2. The van der Waals surface area contributed by atoms with Crippen LogP contribution in [-0.2, 0) is 10.0 Å². The molecular weight excluding hydrogens is 348 g/mol. The lowest BCUT2D eigenvalue weighted by atomic mass is 9.81. The summed E-state index contributed by atoms with van der Waals surface area (Å²) >= 11 is 0. The minimum absolute atomic E-state index is 0.213. The summed E-state index contributed by atoms with van der Waals surface area (Å²) in [6.07, 6.45) is 5.63. The predicted octanol–water partition coefficient (Wildman–Crippen LogP) is 3.56. The van der Waals surface area contributed by atoms with Crippen LogP contribution >= 0.6 is 0 Å². The number of hydrogen-bond acceptors (Lipinski definition) is 4. The fraction of sp³-hybridized carbons (Fsp3) is 0.368. The molecule has 1 unspecified atom stereocenters. The van der Waals surface area contributed by atoms with E-state index in [4.69, 9.17) is 0 Å². The molecule has 6 nitrogen and oxygen atoms in total. The zero-order valence-corrected chi connectivity index (χ0v) is 15.2. The number of fused-ring (bicyclic) bond motifs is 1. The standard InChI is InChI=1S/C19H22N4O2S/c24-26(25,16-11-12-17-18(13-16)21-23-20-17)22-19(14-7-3-1-4-8-14)15-9-5-2-6-10-15/h1,3-4,7-8,11-13,15,19,22H,2,5-6,9-10H2,(H,20,21,23). The van der Waals surface area contributed by atoms with Gasteiger partial charge in [0.2, 0.25) is 10.0 Å². The van der Waals surface area contributed by atoms with Crippen molar-refractivity contribution in [3.63, 3.8) is 0 Å². The van der Waals surface area contributed by atoms with Gasteiger partial charge in [0, 0.05) is 6.04 Å². The Kier molecular flexibility index (Phi) is 4.74. The number of aromatic nitrogens is 3. The smallest absolute Gasteiger partial charge is 0.207 e. The summed E-state index contributed by atoms with van der Waals surface area (Å²) in [5.41, 5.74) is 2.21. The van der Waals surface area contributed by atoms with Crippen molar-refractivity contribution in [1.82, 2.24) is 20.1 Å². The van der Waals surface area contributed by atoms with Gasteiger partial charge >= 0.3 is 0 Å². The zero-order chi connectivity index (χ0) is 18.0. The number of aromatic amines is 1. The fourth-order valence-electron chi connectivity index (χ4n) is 3.79. The lowest BCUT2D eigenvalue weighted by Gasteiger charge is -2.31. The molecule has 7 heteroatoms. The van der Waals surface area contributed by atoms with Crippen molar-refractivity contribution in [1.29, 1.82) is 0 Å². The molecule has 0 spiro atoms. The molecule has 1 atom stereocenters. The molecule has 2 aromatic carbocycles. The Bertz CT molecular complexity index is 979. The molecule has 3 aromatic rings. The second-order valence-electron chi connectivity index (χ2n) is 6.88. The van der Waals surface area contributed by atoms with E-state index in [2.05, 4.69) is 20.1 Å². The van der Waals surface area contributed by atoms with Crippen molar-refractivity contribution < 1.29 is 8.42 Å². The maximum atomic E-state index is 13.1.